The normalized spacial score (nSPS) is 24.8. The molecule has 1 heterocycles. The highest BCUT2D eigenvalue weighted by Gasteiger charge is 2.27. The summed E-state index contributed by atoms with van der Waals surface area (Å²) in [6.45, 7) is 5.29. The minimum atomic E-state index is 0.212. The van der Waals surface area contributed by atoms with Crippen LogP contribution in [-0.4, -0.2) is 15.3 Å². The van der Waals surface area contributed by atoms with Crippen molar-refractivity contribution in [2.45, 2.75) is 52.5 Å². The standard InChI is InChI=1S/C14H22N2O/c1-3-9-16-10-8-15-14(16)13(17)12-6-4-11(2)5-7-12/h8,10-12H,3-7,9H2,1-2H3. The highest BCUT2D eigenvalue weighted by molar-refractivity contribution is 5.94. The van der Waals surface area contributed by atoms with Gasteiger partial charge in [-0.3, -0.25) is 4.79 Å². The second-order valence-electron chi connectivity index (χ2n) is 5.27. The zero-order chi connectivity index (χ0) is 12.3. The van der Waals surface area contributed by atoms with Crippen molar-refractivity contribution < 1.29 is 4.79 Å². The highest BCUT2D eigenvalue weighted by Crippen LogP contribution is 2.30. The maximum Gasteiger partial charge on any atom is 0.201 e. The average molecular weight is 234 g/mol. The molecule has 1 aromatic heterocycles. The molecule has 2 rings (SSSR count). The van der Waals surface area contributed by atoms with Crippen LogP contribution in [0.2, 0.25) is 0 Å². The summed E-state index contributed by atoms with van der Waals surface area (Å²) in [5.74, 6) is 1.93. The second-order valence-corrected chi connectivity index (χ2v) is 5.27. The van der Waals surface area contributed by atoms with Crippen LogP contribution in [0.3, 0.4) is 0 Å². The van der Waals surface area contributed by atoms with Gasteiger partial charge in [0.15, 0.2) is 5.82 Å². The van der Waals surface area contributed by atoms with Gasteiger partial charge in [-0.15, -0.1) is 0 Å². The number of carbonyl (C=O) groups is 1. The van der Waals surface area contributed by atoms with Crippen molar-refractivity contribution >= 4 is 5.78 Å². The number of Topliss-reactive ketones (excluding diaryl/α,β-unsaturated/α-hetero) is 1. The Hall–Kier alpha value is -1.12. The van der Waals surface area contributed by atoms with E-state index in [1.807, 2.05) is 10.8 Å². The Kier molecular flexibility index (Phi) is 3.97. The van der Waals surface area contributed by atoms with Crippen LogP contribution >= 0.6 is 0 Å². The van der Waals surface area contributed by atoms with Gasteiger partial charge in [0.2, 0.25) is 5.78 Å². The molecule has 0 spiro atoms. The van der Waals surface area contributed by atoms with Crippen LogP contribution in [-0.2, 0) is 6.54 Å². The number of aromatic nitrogens is 2. The topological polar surface area (TPSA) is 34.9 Å². The lowest BCUT2D eigenvalue weighted by Crippen LogP contribution is -2.23. The van der Waals surface area contributed by atoms with E-state index in [4.69, 9.17) is 0 Å². The molecular weight excluding hydrogens is 212 g/mol. The Morgan fingerprint density at radius 2 is 2.12 bits per heavy atom. The maximum absolute atomic E-state index is 12.4. The first-order valence-corrected chi connectivity index (χ1v) is 6.77. The summed E-state index contributed by atoms with van der Waals surface area (Å²) < 4.78 is 2.00. The van der Waals surface area contributed by atoms with Gasteiger partial charge in [0.25, 0.3) is 0 Å². The van der Waals surface area contributed by atoms with Gasteiger partial charge in [0.05, 0.1) is 0 Å². The molecule has 1 saturated carbocycles. The van der Waals surface area contributed by atoms with E-state index in [9.17, 15) is 4.79 Å². The molecule has 0 aliphatic heterocycles. The first-order valence-electron chi connectivity index (χ1n) is 6.77. The summed E-state index contributed by atoms with van der Waals surface area (Å²) in [5.41, 5.74) is 0. The predicted octanol–water partition coefficient (Wildman–Crippen LogP) is 3.30. The van der Waals surface area contributed by atoms with E-state index in [2.05, 4.69) is 18.8 Å². The molecule has 1 aliphatic carbocycles. The average Bonchev–Trinajstić information content (AvgIpc) is 2.78. The smallest absolute Gasteiger partial charge is 0.201 e. The van der Waals surface area contributed by atoms with E-state index in [0.29, 0.717) is 5.82 Å². The first-order chi connectivity index (χ1) is 8.22. The van der Waals surface area contributed by atoms with Crippen LogP contribution in [0.25, 0.3) is 0 Å². The summed E-state index contributed by atoms with van der Waals surface area (Å²) in [5, 5.41) is 0. The lowest BCUT2D eigenvalue weighted by atomic mass is 9.81. The monoisotopic (exact) mass is 234 g/mol. The molecule has 0 unspecified atom stereocenters. The fourth-order valence-corrected chi connectivity index (χ4v) is 2.66. The van der Waals surface area contributed by atoms with Gasteiger partial charge < -0.3 is 4.57 Å². The Morgan fingerprint density at radius 1 is 1.41 bits per heavy atom. The van der Waals surface area contributed by atoms with E-state index in [0.717, 1.165) is 31.7 Å². The third-order valence-electron chi connectivity index (χ3n) is 3.79. The molecular formula is C14H22N2O. The first kappa shape index (κ1) is 12.3. The van der Waals surface area contributed by atoms with Crippen molar-refractivity contribution in [1.82, 2.24) is 9.55 Å². The Morgan fingerprint density at radius 3 is 2.76 bits per heavy atom. The molecule has 0 radical (unpaired) electrons. The van der Waals surface area contributed by atoms with E-state index in [-0.39, 0.29) is 11.7 Å². The van der Waals surface area contributed by atoms with Crippen LogP contribution in [0.1, 0.15) is 56.6 Å². The largest absolute Gasteiger partial charge is 0.329 e. The number of nitrogens with zero attached hydrogens (tertiary/aromatic N) is 2. The van der Waals surface area contributed by atoms with Crippen molar-refractivity contribution in [3.05, 3.63) is 18.2 Å². The van der Waals surface area contributed by atoms with Gasteiger partial charge in [-0.1, -0.05) is 26.7 Å². The van der Waals surface area contributed by atoms with Crippen molar-refractivity contribution in [3.8, 4) is 0 Å². The summed E-state index contributed by atoms with van der Waals surface area (Å²) in [7, 11) is 0. The quantitative estimate of drug-likeness (QED) is 0.749. The van der Waals surface area contributed by atoms with Crippen LogP contribution in [0.4, 0.5) is 0 Å². The van der Waals surface area contributed by atoms with Crippen molar-refractivity contribution in [2.24, 2.45) is 11.8 Å². The fourth-order valence-electron chi connectivity index (χ4n) is 2.66. The van der Waals surface area contributed by atoms with Gasteiger partial charge in [-0.05, 0) is 25.2 Å². The van der Waals surface area contributed by atoms with Crippen LogP contribution in [0.15, 0.2) is 12.4 Å². The molecule has 0 N–H and O–H groups in total. The van der Waals surface area contributed by atoms with Crippen LogP contribution < -0.4 is 0 Å². The van der Waals surface area contributed by atoms with E-state index in [1.165, 1.54) is 12.8 Å². The van der Waals surface area contributed by atoms with Crippen molar-refractivity contribution in [3.63, 3.8) is 0 Å². The lowest BCUT2D eigenvalue weighted by molar-refractivity contribution is 0.0860. The van der Waals surface area contributed by atoms with E-state index < -0.39 is 0 Å². The van der Waals surface area contributed by atoms with Gasteiger partial charge in [-0.2, -0.15) is 0 Å². The third kappa shape index (κ3) is 2.76. The molecule has 0 aromatic carbocycles. The summed E-state index contributed by atoms with van der Waals surface area (Å²) in [6.07, 6.45) is 9.16. The Balaban J connectivity index is 2.06. The summed E-state index contributed by atoms with van der Waals surface area (Å²) in [4.78, 5) is 16.6. The maximum atomic E-state index is 12.4. The number of ketones is 1. The molecule has 94 valence electrons. The third-order valence-corrected chi connectivity index (χ3v) is 3.79. The molecule has 0 bridgehead atoms. The zero-order valence-electron chi connectivity index (χ0n) is 10.9. The number of aryl methyl sites for hydroxylation is 1. The molecule has 3 heteroatoms. The molecule has 1 aromatic rings. The molecule has 0 saturated heterocycles. The number of hydrogen-bond acceptors (Lipinski definition) is 2. The van der Waals surface area contributed by atoms with Crippen LogP contribution in [0.5, 0.6) is 0 Å². The van der Waals surface area contributed by atoms with Gasteiger partial charge in [0.1, 0.15) is 0 Å². The highest BCUT2D eigenvalue weighted by atomic mass is 16.1. The van der Waals surface area contributed by atoms with Crippen molar-refractivity contribution in [2.75, 3.05) is 0 Å². The van der Waals surface area contributed by atoms with Crippen LogP contribution in [0, 0.1) is 11.8 Å². The van der Waals surface area contributed by atoms with E-state index in [1.54, 1.807) is 6.20 Å². The molecule has 1 aliphatic rings. The predicted molar refractivity (Wildman–Crippen MR) is 68.0 cm³/mol. The van der Waals surface area contributed by atoms with E-state index >= 15 is 0 Å². The minimum absolute atomic E-state index is 0.212. The number of carbonyl (C=O) groups excluding carboxylic acids is 1. The zero-order valence-corrected chi connectivity index (χ0v) is 10.9. The van der Waals surface area contributed by atoms with Gasteiger partial charge >= 0.3 is 0 Å². The van der Waals surface area contributed by atoms with Gasteiger partial charge in [-0.25, -0.2) is 4.98 Å². The Bertz CT molecular complexity index is 375. The van der Waals surface area contributed by atoms with Crippen molar-refractivity contribution in [1.29, 1.82) is 0 Å². The number of rotatable bonds is 4. The summed E-state index contributed by atoms with van der Waals surface area (Å²) in [6, 6.07) is 0. The Labute approximate surface area is 103 Å². The summed E-state index contributed by atoms with van der Waals surface area (Å²) >= 11 is 0. The molecule has 17 heavy (non-hydrogen) atoms. The number of hydrogen-bond donors (Lipinski definition) is 0. The number of imidazole rings is 1. The second kappa shape index (κ2) is 5.48. The lowest BCUT2D eigenvalue weighted by Gasteiger charge is -2.24. The molecule has 1 fully saturated rings. The SMILES string of the molecule is CCCn1ccnc1C(=O)C1CCC(C)CC1. The minimum Gasteiger partial charge on any atom is -0.329 e. The fraction of sp³-hybridized carbons (Fsp3) is 0.714. The molecule has 0 amide bonds. The molecule has 0 atom stereocenters. The molecule has 3 nitrogen and oxygen atoms in total. The van der Waals surface area contributed by atoms with Gasteiger partial charge in [0, 0.05) is 24.9 Å².